The van der Waals surface area contributed by atoms with Gasteiger partial charge in [0, 0.05) is 11.4 Å². The highest BCUT2D eigenvalue weighted by molar-refractivity contribution is 6.28. The molecule has 1 heterocycles. The highest BCUT2D eigenvalue weighted by Gasteiger charge is 2.13. The van der Waals surface area contributed by atoms with Crippen LogP contribution in [0.3, 0.4) is 0 Å². The number of benzene rings is 2. The average Bonchev–Trinajstić information content (AvgIpc) is 2.66. The van der Waals surface area contributed by atoms with Gasteiger partial charge in [0.1, 0.15) is 5.75 Å². The van der Waals surface area contributed by atoms with Gasteiger partial charge in [0.15, 0.2) is 5.75 Å². The third kappa shape index (κ3) is 4.74. The summed E-state index contributed by atoms with van der Waals surface area (Å²) < 4.78 is 5.68. The number of nitrogens with one attached hydrogen (secondary N) is 2. The Morgan fingerprint density at radius 3 is 2.50 bits per heavy atom. The summed E-state index contributed by atoms with van der Waals surface area (Å²) in [6.45, 7) is 1.81. The fraction of sp³-hybridized carbons (Fsp3) is 0.0526. The SMILES string of the molecule is Cc1cc(NC(=O)NC(=O)c2ccccc2N)ccc1Oc1cnc(Cl)nc1. The molecular formula is C19H16ClN5O3. The van der Waals surface area contributed by atoms with Gasteiger partial charge in [0.25, 0.3) is 5.91 Å². The third-order valence-electron chi connectivity index (χ3n) is 3.69. The van der Waals surface area contributed by atoms with Crippen molar-refractivity contribution in [2.24, 2.45) is 0 Å². The van der Waals surface area contributed by atoms with E-state index in [9.17, 15) is 9.59 Å². The molecule has 3 rings (SSSR count). The van der Waals surface area contributed by atoms with E-state index < -0.39 is 11.9 Å². The van der Waals surface area contributed by atoms with Crippen LogP contribution in [0.2, 0.25) is 5.28 Å². The minimum Gasteiger partial charge on any atom is -0.454 e. The second kappa shape index (κ2) is 8.36. The van der Waals surface area contributed by atoms with Crippen LogP contribution in [0.4, 0.5) is 16.2 Å². The van der Waals surface area contributed by atoms with E-state index in [2.05, 4.69) is 20.6 Å². The van der Waals surface area contributed by atoms with Crippen molar-refractivity contribution in [1.29, 1.82) is 0 Å². The molecule has 4 N–H and O–H groups in total. The Labute approximate surface area is 165 Å². The predicted octanol–water partition coefficient (Wildman–Crippen LogP) is 3.77. The maximum Gasteiger partial charge on any atom is 0.326 e. The van der Waals surface area contributed by atoms with Crippen LogP contribution < -0.4 is 21.1 Å². The molecule has 8 nitrogen and oxygen atoms in total. The van der Waals surface area contributed by atoms with Crippen LogP contribution in [-0.2, 0) is 0 Å². The number of hydrogen-bond donors (Lipinski definition) is 3. The first-order chi connectivity index (χ1) is 13.4. The van der Waals surface area contributed by atoms with Gasteiger partial charge in [-0.2, -0.15) is 0 Å². The van der Waals surface area contributed by atoms with E-state index in [1.54, 1.807) is 36.4 Å². The molecule has 0 saturated heterocycles. The maximum absolute atomic E-state index is 12.1. The fourth-order valence-electron chi connectivity index (χ4n) is 2.36. The van der Waals surface area contributed by atoms with E-state index >= 15 is 0 Å². The van der Waals surface area contributed by atoms with Crippen LogP contribution in [0.25, 0.3) is 0 Å². The van der Waals surface area contributed by atoms with Crippen molar-refractivity contribution < 1.29 is 14.3 Å². The Morgan fingerprint density at radius 1 is 1.11 bits per heavy atom. The minimum absolute atomic E-state index is 0.126. The Kier molecular flexibility index (Phi) is 5.71. The van der Waals surface area contributed by atoms with E-state index in [4.69, 9.17) is 22.1 Å². The van der Waals surface area contributed by atoms with Crippen molar-refractivity contribution in [2.45, 2.75) is 6.92 Å². The lowest BCUT2D eigenvalue weighted by Gasteiger charge is -2.11. The van der Waals surface area contributed by atoms with Crippen molar-refractivity contribution in [3.63, 3.8) is 0 Å². The number of ether oxygens (including phenoxy) is 1. The van der Waals surface area contributed by atoms with Crippen molar-refractivity contribution in [1.82, 2.24) is 15.3 Å². The molecule has 3 aromatic rings. The largest absolute Gasteiger partial charge is 0.454 e. The number of imide groups is 1. The number of carbonyl (C=O) groups excluding carboxylic acids is 2. The van der Waals surface area contributed by atoms with Crippen molar-refractivity contribution in [3.05, 3.63) is 71.3 Å². The number of nitrogens with two attached hydrogens (primary N) is 1. The van der Waals surface area contributed by atoms with Gasteiger partial charge in [-0.1, -0.05) is 12.1 Å². The first-order valence-corrected chi connectivity index (χ1v) is 8.53. The number of halogens is 1. The van der Waals surface area contributed by atoms with E-state index in [-0.39, 0.29) is 16.5 Å². The van der Waals surface area contributed by atoms with Crippen LogP contribution >= 0.6 is 11.6 Å². The molecule has 142 valence electrons. The van der Waals surface area contributed by atoms with E-state index in [0.29, 0.717) is 17.2 Å². The predicted molar refractivity (Wildman–Crippen MR) is 106 cm³/mol. The summed E-state index contributed by atoms with van der Waals surface area (Å²) in [6.07, 6.45) is 2.91. The van der Waals surface area contributed by atoms with Crippen LogP contribution in [0, 0.1) is 6.92 Å². The third-order valence-corrected chi connectivity index (χ3v) is 3.88. The molecule has 0 spiro atoms. The Morgan fingerprint density at radius 2 is 1.82 bits per heavy atom. The van der Waals surface area contributed by atoms with Crippen LogP contribution in [0.5, 0.6) is 11.5 Å². The Hall–Kier alpha value is -3.65. The van der Waals surface area contributed by atoms with Crippen molar-refractivity contribution in [3.8, 4) is 11.5 Å². The molecule has 1 aromatic heterocycles. The topological polar surface area (TPSA) is 119 Å². The molecule has 9 heteroatoms. The summed E-state index contributed by atoms with van der Waals surface area (Å²) in [5.41, 5.74) is 7.49. The molecule has 0 saturated carbocycles. The molecule has 0 fully saturated rings. The summed E-state index contributed by atoms with van der Waals surface area (Å²) in [6, 6.07) is 10.8. The van der Waals surface area contributed by atoms with Gasteiger partial charge < -0.3 is 15.8 Å². The minimum atomic E-state index is -0.674. The summed E-state index contributed by atoms with van der Waals surface area (Å²) in [5.74, 6) is 0.400. The fourth-order valence-corrected chi connectivity index (χ4v) is 2.46. The number of para-hydroxylation sites is 1. The number of aryl methyl sites for hydroxylation is 1. The van der Waals surface area contributed by atoms with Crippen molar-refractivity contribution in [2.75, 3.05) is 11.1 Å². The molecule has 0 atom stereocenters. The first-order valence-electron chi connectivity index (χ1n) is 8.15. The van der Waals surface area contributed by atoms with Crippen LogP contribution in [-0.4, -0.2) is 21.9 Å². The maximum atomic E-state index is 12.1. The van der Waals surface area contributed by atoms with Gasteiger partial charge >= 0.3 is 6.03 Å². The zero-order chi connectivity index (χ0) is 20.1. The number of nitrogen functional groups attached to an aromatic ring is 1. The Balaban J connectivity index is 1.63. The highest BCUT2D eigenvalue weighted by Crippen LogP contribution is 2.26. The number of anilines is 2. The zero-order valence-corrected chi connectivity index (χ0v) is 15.5. The normalized spacial score (nSPS) is 10.2. The summed E-state index contributed by atoms with van der Waals surface area (Å²) >= 11 is 5.64. The molecule has 0 aliphatic heterocycles. The molecule has 0 unspecified atom stereocenters. The molecule has 0 bridgehead atoms. The van der Waals surface area contributed by atoms with Gasteiger partial charge in [-0.05, 0) is 54.4 Å². The van der Waals surface area contributed by atoms with E-state index in [1.165, 1.54) is 18.5 Å². The number of carbonyl (C=O) groups is 2. The van der Waals surface area contributed by atoms with Gasteiger partial charge in [-0.25, -0.2) is 14.8 Å². The van der Waals surface area contributed by atoms with Gasteiger partial charge in [0.2, 0.25) is 5.28 Å². The van der Waals surface area contributed by atoms with Crippen molar-refractivity contribution >= 4 is 34.9 Å². The zero-order valence-electron chi connectivity index (χ0n) is 14.8. The number of urea groups is 1. The molecule has 0 aliphatic carbocycles. The number of hydrogen-bond acceptors (Lipinski definition) is 6. The number of aromatic nitrogens is 2. The molecule has 0 radical (unpaired) electrons. The highest BCUT2D eigenvalue weighted by atomic mass is 35.5. The average molecular weight is 398 g/mol. The smallest absolute Gasteiger partial charge is 0.326 e. The number of amides is 3. The molecule has 3 amide bonds. The Bertz CT molecular complexity index is 1020. The summed E-state index contributed by atoms with van der Waals surface area (Å²) in [4.78, 5) is 31.9. The van der Waals surface area contributed by atoms with Crippen LogP contribution in [0.15, 0.2) is 54.9 Å². The van der Waals surface area contributed by atoms with Gasteiger partial charge in [-0.15, -0.1) is 0 Å². The monoisotopic (exact) mass is 397 g/mol. The summed E-state index contributed by atoms with van der Waals surface area (Å²) in [7, 11) is 0. The first kappa shape index (κ1) is 19.1. The number of rotatable bonds is 4. The molecule has 2 aromatic carbocycles. The second-order valence-corrected chi connectivity index (χ2v) is 6.10. The molecular weight excluding hydrogens is 382 g/mol. The van der Waals surface area contributed by atoms with Crippen LogP contribution in [0.1, 0.15) is 15.9 Å². The second-order valence-electron chi connectivity index (χ2n) is 5.77. The number of nitrogens with zero attached hydrogens (tertiary/aromatic N) is 2. The standard InChI is InChI=1S/C19H16ClN5O3/c1-11-8-12(6-7-16(11)28-13-9-22-18(20)23-10-13)24-19(27)25-17(26)14-4-2-3-5-15(14)21/h2-10H,21H2,1H3,(H2,24,25,26,27). The van der Waals surface area contributed by atoms with Gasteiger partial charge in [-0.3, -0.25) is 10.1 Å². The summed E-state index contributed by atoms with van der Waals surface area (Å²) in [5, 5.41) is 4.95. The lowest BCUT2D eigenvalue weighted by Crippen LogP contribution is -2.34. The van der Waals surface area contributed by atoms with Gasteiger partial charge in [0.05, 0.1) is 18.0 Å². The quantitative estimate of drug-likeness (QED) is 0.455. The lowest BCUT2D eigenvalue weighted by atomic mass is 10.1. The van der Waals surface area contributed by atoms with E-state index in [1.807, 2.05) is 6.92 Å². The van der Waals surface area contributed by atoms with E-state index in [0.717, 1.165) is 5.56 Å². The molecule has 0 aliphatic rings. The molecule has 28 heavy (non-hydrogen) atoms. The lowest BCUT2D eigenvalue weighted by molar-refractivity contribution is 0.0968.